The highest BCUT2D eigenvalue weighted by atomic mass is 35.5. The van der Waals surface area contributed by atoms with E-state index < -0.39 is 0 Å². The average molecular weight is 562 g/mol. The normalized spacial score (nSPS) is 11.3. The third kappa shape index (κ3) is 5.23. The first-order chi connectivity index (χ1) is 19.0. The molecule has 6 rings (SSSR count). The second kappa shape index (κ2) is 10.5. The van der Waals surface area contributed by atoms with Crippen molar-refractivity contribution in [3.63, 3.8) is 0 Å². The first-order valence-corrected chi connectivity index (χ1v) is 13.3. The smallest absolute Gasteiger partial charge is 0.294 e. The first kappa shape index (κ1) is 25.1. The van der Waals surface area contributed by atoms with Gasteiger partial charge < -0.3 is 23.4 Å². The van der Waals surface area contributed by atoms with E-state index in [1.807, 2.05) is 67.6 Å². The molecule has 8 nitrogen and oxygen atoms in total. The Morgan fingerprint density at radius 2 is 1.77 bits per heavy atom. The van der Waals surface area contributed by atoms with Crippen LogP contribution in [0, 0.1) is 6.92 Å². The number of ether oxygens (including phenoxy) is 4. The Morgan fingerprint density at radius 3 is 2.56 bits per heavy atom. The molecule has 0 spiro atoms. The van der Waals surface area contributed by atoms with Crippen molar-refractivity contribution in [2.75, 3.05) is 14.2 Å². The summed E-state index contributed by atoms with van der Waals surface area (Å²) in [6, 6.07) is 19.4. The Hall–Kier alpha value is -4.21. The van der Waals surface area contributed by atoms with Crippen LogP contribution in [0.2, 0.25) is 5.02 Å². The summed E-state index contributed by atoms with van der Waals surface area (Å²) in [5.74, 6) is 2.62. The Morgan fingerprint density at radius 1 is 0.923 bits per heavy atom. The van der Waals surface area contributed by atoms with E-state index >= 15 is 0 Å². The SMILES string of the molecule is COc1cc(OCc2cccc(OCc3ccc(C)c(Cl)c3)c2)c2cc(-c3cn4nc(OC)sc4n3)oc2c1. The lowest BCUT2D eigenvalue weighted by Crippen LogP contribution is -1.99. The number of imidazole rings is 1. The van der Waals surface area contributed by atoms with Gasteiger partial charge in [-0.15, -0.1) is 5.10 Å². The van der Waals surface area contributed by atoms with Crippen LogP contribution < -0.4 is 18.9 Å². The van der Waals surface area contributed by atoms with Crippen molar-refractivity contribution >= 4 is 38.9 Å². The molecule has 0 radical (unpaired) electrons. The zero-order chi connectivity index (χ0) is 26.9. The van der Waals surface area contributed by atoms with Crippen LogP contribution >= 0.6 is 22.9 Å². The lowest BCUT2D eigenvalue weighted by Gasteiger charge is -2.11. The fourth-order valence-corrected chi connectivity index (χ4v) is 5.01. The van der Waals surface area contributed by atoms with E-state index in [0.29, 0.717) is 51.9 Å². The molecule has 3 aromatic heterocycles. The summed E-state index contributed by atoms with van der Waals surface area (Å²) < 4.78 is 30.7. The van der Waals surface area contributed by atoms with Crippen LogP contribution in [0.1, 0.15) is 16.7 Å². The van der Waals surface area contributed by atoms with Crippen molar-refractivity contribution in [1.29, 1.82) is 0 Å². The molecule has 6 aromatic rings. The van der Waals surface area contributed by atoms with Crippen molar-refractivity contribution in [3.8, 4) is 33.9 Å². The van der Waals surface area contributed by atoms with Gasteiger partial charge >= 0.3 is 0 Å². The molecule has 0 amide bonds. The molecule has 0 saturated heterocycles. The lowest BCUT2D eigenvalue weighted by molar-refractivity contribution is 0.296. The number of fused-ring (bicyclic) bond motifs is 2. The number of hydrogen-bond acceptors (Lipinski definition) is 8. The molecule has 0 atom stereocenters. The fraction of sp³-hybridized carbons (Fsp3) is 0.172. The van der Waals surface area contributed by atoms with Crippen molar-refractivity contribution in [2.45, 2.75) is 20.1 Å². The van der Waals surface area contributed by atoms with E-state index in [0.717, 1.165) is 32.8 Å². The molecule has 0 saturated carbocycles. The topological polar surface area (TPSA) is 80.2 Å². The number of aromatic nitrogens is 3. The highest BCUT2D eigenvalue weighted by molar-refractivity contribution is 7.18. The summed E-state index contributed by atoms with van der Waals surface area (Å²) in [6.07, 6.45) is 1.81. The molecule has 39 heavy (non-hydrogen) atoms. The summed E-state index contributed by atoms with van der Waals surface area (Å²) in [5, 5.41) is 6.42. The Kier molecular flexibility index (Phi) is 6.76. The molecular formula is C29H24ClN3O5S. The molecule has 0 bridgehead atoms. The molecule has 0 aliphatic rings. The Labute approximate surface area is 233 Å². The average Bonchev–Trinajstić information content (AvgIpc) is 3.65. The molecule has 0 fully saturated rings. The number of furan rings is 1. The van der Waals surface area contributed by atoms with Gasteiger partial charge in [-0.1, -0.05) is 35.9 Å². The third-order valence-corrected chi connectivity index (χ3v) is 7.49. The van der Waals surface area contributed by atoms with Crippen molar-refractivity contribution in [2.24, 2.45) is 0 Å². The molecule has 3 heterocycles. The second-order valence-corrected chi connectivity index (χ2v) is 10.2. The molecule has 0 aliphatic heterocycles. The van der Waals surface area contributed by atoms with Gasteiger partial charge in [0.2, 0.25) is 4.96 Å². The minimum absolute atomic E-state index is 0.334. The van der Waals surface area contributed by atoms with Gasteiger partial charge in [-0.3, -0.25) is 0 Å². The number of methoxy groups -OCH3 is 2. The van der Waals surface area contributed by atoms with Crippen LogP contribution in [0.15, 0.2) is 71.3 Å². The van der Waals surface area contributed by atoms with Crippen LogP contribution in [-0.4, -0.2) is 28.8 Å². The maximum Gasteiger partial charge on any atom is 0.294 e. The lowest BCUT2D eigenvalue weighted by atomic mass is 10.1. The number of nitrogens with zero attached hydrogens (tertiary/aromatic N) is 3. The molecule has 198 valence electrons. The monoisotopic (exact) mass is 561 g/mol. The van der Waals surface area contributed by atoms with Gasteiger partial charge in [-0.2, -0.15) is 0 Å². The first-order valence-electron chi connectivity index (χ1n) is 12.1. The van der Waals surface area contributed by atoms with Gasteiger partial charge in [0.05, 0.1) is 25.8 Å². The van der Waals surface area contributed by atoms with Gasteiger partial charge in [0.1, 0.15) is 41.7 Å². The van der Waals surface area contributed by atoms with Gasteiger partial charge in [0.15, 0.2) is 5.76 Å². The van der Waals surface area contributed by atoms with Crippen LogP contribution in [0.3, 0.4) is 0 Å². The second-order valence-electron chi connectivity index (χ2n) is 8.88. The predicted molar refractivity (Wildman–Crippen MR) is 150 cm³/mol. The quantitative estimate of drug-likeness (QED) is 0.183. The van der Waals surface area contributed by atoms with E-state index in [-0.39, 0.29) is 0 Å². The number of halogens is 1. The Balaban J connectivity index is 1.21. The van der Waals surface area contributed by atoms with Crippen molar-refractivity contribution < 1.29 is 23.4 Å². The van der Waals surface area contributed by atoms with Crippen LogP contribution in [0.25, 0.3) is 27.4 Å². The minimum Gasteiger partial charge on any atom is -0.496 e. The maximum atomic E-state index is 6.25. The van der Waals surface area contributed by atoms with E-state index in [9.17, 15) is 0 Å². The van der Waals surface area contributed by atoms with Gasteiger partial charge in [-0.05, 0) is 59.2 Å². The number of benzene rings is 3. The number of rotatable bonds is 9. The van der Waals surface area contributed by atoms with E-state index in [1.165, 1.54) is 11.3 Å². The standard InChI is InChI=1S/C29H24ClN3O5S/c1-17-7-8-19(10-23(17)30)15-36-20-6-4-5-18(9-20)16-37-25-11-21(34-2)12-26-22(25)13-27(38-26)24-14-33-28(31-24)39-29(32-33)35-3/h4-14H,15-16H2,1-3H3. The van der Waals surface area contributed by atoms with E-state index in [4.69, 9.17) is 35.0 Å². The summed E-state index contributed by atoms with van der Waals surface area (Å²) in [7, 11) is 3.19. The summed E-state index contributed by atoms with van der Waals surface area (Å²) in [6.45, 7) is 2.73. The fourth-order valence-electron chi connectivity index (χ4n) is 4.11. The van der Waals surface area contributed by atoms with Gasteiger partial charge in [0.25, 0.3) is 5.19 Å². The van der Waals surface area contributed by atoms with E-state index in [2.05, 4.69) is 10.1 Å². The zero-order valence-corrected chi connectivity index (χ0v) is 23.0. The van der Waals surface area contributed by atoms with Crippen molar-refractivity contribution in [3.05, 3.63) is 88.6 Å². The molecular weight excluding hydrogens is 538 g/mol. The zero-order valence-electron chi connectivity index (χ0n) is 21.4. The van der Waals surface area contributed by atoms with Crippen LogP contribution in [-0.2, 0) is 13.2 Å². The number of aryl methyl sites for hydroxylation is 1. The predicted octanol–water partition coefficient (Wildman–Crippen LogP) is 7.34. The molecule has 10 heteroatoms. The molecule has 3 aromatic carbocycles. The molecule has 0 aliphatic carbocycles. The maximum absolute atomic E-state index is 6.25. The summed E-state index contributed by atoms with van der Waals surface area (Å²) in [4.78, 5) is 5.33. The van der Waals surface area contributed by atoms with E-state index in [1.54, 1.807) is 24.9 Å². The number of hydrogen-bond donors (Lipinski definition) is 0. The molecule has 0 N–H and O–H groups in total. The van der Waals surface area contributed by atoms with Gasteiger partial charge in [-0.25, -0.2) is 9.50 Å². The molecule has 0 unspecified atom stereocenters. The summed E-state index contributed by atoms with van der Waals surface area (Å²) >= 11 is 7.60. The third-order valence-electron chi connectivity index (χ3n) is 6.19. The van der Waals surface area contributed by atoms with Crippen LogP contribution in [0.4, 0.5) is 0 Å². The summed E-state index contributed by atoms with van der Waals surface area (Å²) in [5.41, 5.74) is 4.31. The Bertz CT molecular complexity index is 1760. The highest BCUT2D eigenvalue weighted by Gasteiger charge is 2.17. The van der Waals surface area contributed by atoms with Crippen molar-refractivity contribution in [1.82, 2.24) is 14.6 Å². The largest absolute Gasteiger partial charge is 0.496 e. The van der Waals surface area contributed by atoms with Crippen LogP contribution in [0.5, 0.6) is 22.4 Å². The highest BCUT2D eigenvalue weighted by Crippen LogP contribution is 2.37. The minimum atomic E-state index is 0.334. The van der Waals surface area contributed by atoms with Gasteiger partial charge in [0, 0.05) is 17.2 Å².